The highest BCUT2D eigenvalue weighted by Crippen LogP contribution is 2.62. The van der Waals surface area contributed by atoms with E-state index in [4.69, 9.17) is 32.7 Å². The highest BCUT2D eigenvalue weighted by Gasteiger charge is 2.92. The average Bonchev–Trinajstić information content (AvgIpc) is 3.14. The molecule has 0 aliphatic heterocycles. The van der Waals surface area contributed by atoms with E-state index in [0.29, 0.717) is 0 Å². The van der Waals surface area contributed by atoms with Crippen LogP contribution in [-0.2, 0) is 23.9 Å². The SMILES string of the molecule is CC(COC(=O)CCl)(COC(=O)CCl)NC(=O)CCC(CSCCC(F)(F)C(F)(F)C(F)(F)C(F)(F)C(F)(F)C(F)(F)F)SCCC(F)(F)C(F)(F)C(F)(F)C(F)(F)C(F)(F)C(F)(F)F. The van der Waals surface area contributed by atoms with Crippen LogP contribution in [0.15, 0.2) is 0 Å². The van der Waals surface area contributed by atoms with Gasteiger partial charge in [-0.15, -0.1) is 23.2 Å². The van der Waals surface area contributed by atoms with E-state index < -0.39 is 168 Å². The molecule has 0 aliphatic carbocycles. The van der Waals surface area contributed by atoms with Gasteiger partial charge in [-0.1, -0.05) is 0 Å². The molecule has 0 fully saturated rings. The highest BCUT2D eigenvalue weighted by atomic mass is 35.5. The lowest BCUT2D eigenvalue weighted by Crippen LogP contribution is -2.70. The summed E-state index contributed by atoms with van der Waals surface area (Å²) in [6.45, 7) is -0.803. The van der Waals surface area contributed by atoms with Crippen molar-refractivity contribution in [2.75, 3.05) is 42.2 Å². The number of rotatable bonds is 27. The maximum absolute atomic E-state index is 14.4. The summed E-state index contributed by atoms with van der Waals surface area (Å²) in [6, 6.07) is 0. The fourth-order valence-corrected chi connectivity index (χ4v) is 7.08. The third-order valence-corrected chi connectivity index (χ3v) is 11.2. The van der Waals surface area contributed by atoms with E-state index in [0.717, 1.165) is 6.92 Å². The molecule has 65 heavy (non-hydrogen) atoms. The maximum Gasteiger partial charge on any atom is 0.460 e. The molecule has 0 aromatic carbocycles. The van der Waals surface area contributed by atoms with Crippen molar-refractivity contribution < 1.29 is 138 Å². The van der Waals surface area contributed by atoms with Crippen molar-refractivity contribution in [1.82, 2.24) is 5.32 Å². The first-order valence-electron chi connectivity index (χ1n) is 16.4. The van der Waals surface area contributed by atoms with Gasteiger partial charge in [0.25, 0.3) is 0 Å². The largest absolute Gasteiger partial charge is 0.462 e. The van der Waals surface area contributed by atoms with Crippen LogP contribution in [0.1, 0.15) is 32.6 Å². The smallest absolute Gasteiger partial charge is 0.460 e. The summed E-state index contributed by atoms with van der Waals surface area (Å²) in [5, 5.41) is 0.193. The predicted molar refractivity (Wildman–Crippen MR) is 174 cm³/mol. The first kappa shape index (κ1) is 62.9. The van der Waals surface area contributed by atoms with Gasteiger partial charge in [0.1, 0.15) is 30.5 Å². The molecule has 0 spiro atoms. The molecule has 0 radical (unpaired) electrons. The quantitative estimate of drug-likeness (QED) is 0.0380. The number of amides is 1. The predicted octanol–water partition coefficient (Wildman–Crippen LogP) is 11.3. The second kappa shape index (κ2) is 21.2. The first-order chi connectivity index (χ1) is 28.6. The summed E-state index contributed by atoms with van der Waals surface area (Å²) in [6.07, 6.45) is -23.3. The lowest BCUT2D eigenvalue weighted by Gasteiger charge is -2.39. The van der Waals surface area contributed by atoms with Crippen LogP contribution in [0.4, 0.5) is 114 Å². The Bertz CT molecular complexity index is 1590. The Labute approximate surface area is 364 Å². The van der Waals surface area contributed by atoms with E-state index in [2.05, 4.69) is 5.32 Å². The number of esters is 2. The van der Waals surface area contributed by atoms with E-state index in [-0.39, 0.29) is 23.5 Å². The molecule has 0 aromatic rings. The third-order valence-electron chi connectivity index (χ3n) is 8.09. The van der Waals surface area contributed by atoms with Gasteiger partial charge in [-0.05, 0) is 24.9 Å². The fraction of sp³-hybridized carbons (Fsp3) is 0.897. The summed E-state index contributed by atoms with van der Waals surface area (Å²) in [5.74, 6) is -88.1. The molecule has 36 heteroatoms. The van der Waals surface area contributed by atoms with Crippen molar-refractivity contribution in [3.8, 4) is 0 Å². The lowest BCUT2D eigenvalue weighted by molar-refractivity contribution is -0.439. The summed E-state index contributed by atoms with van der Waals surface area (Å²) >= 11 is 9.88. The van der Waals surface area contributed by atoms with E-state index in [1.54, 1.807) is 0 Å². The van der Waals surface area contributed by atoms with Gasteiger partial charge in [0.15, 0.2) is 0 Å². The monoisotopic (exact) mass is 1100 g/mol. The lowest BCUT2D eigenvalue weighted by atomic mass is 9.93. The molecule has 0 rings (SSSR count). The normalized spacial score (nSPS) is 15.5. The van der Waals surface area contributed by atoms with Crippen molar-refractivity contribution in [3.63, 3.8) is 0 Å². The van der Waals surface area contributed by atoms with Gasteiger partial charge >= 0.3 is 83.5 Å². The molecule has 1 amide bonds. The summed E-state index contributed by atoms with van der Waals surface area (Å²) in [5.41, 5.74) is -1.96. The highest BCUT2D eigenvalue weighted by molar-refractivity contribution is 8.03. The standard InChI is InChI=1S/C29H27Cl2F26NO5S2/c1-17(11-62-15(60)8-30,12-63-16(61)9-31)58-14(59)3-2-13(65-7-5-19(34,35)21(38,39)23(42,43)25(46,47)27(50,51)29(55,56)57)10-64-6-4-18(32,33)20(36,37)22(40,41)24(44,45)26(48,49)28(52,53)54/h13H,2-12H2,1H3,(H,58,59). The van der Waals surface area contributed by atoms with Crippen LogP contribution < -0.4 is 5.32 Å². The first-order valence-corrected chi connectivity index (χ1v) is 19.7. The van der Waals surface area contributed by atoms with Gasteiger partial charge in [0.2, 0.25) is 5.91 Å². The number of hydrogen-bond donors (Lipinski definition) is 1. The summed E-state index contributed by atoms with van der Waals surface area (Å²) in [7, 11) is 0. The number of nitrogens with one attached hydrogen (secondary N) is 1. The van der Waals surface area contributed by atoms with Crippen LogP contribution >= 0.6 is 46.7 Å². The molecule has 386 valence electrons. The minimum atomic E-state index is -8.29. The number of halogens is 28. The Morgan fingerprint density at radius 2 is 0.831 bits per heavy atom. The zero-order chi connectivity index (χ0) is 52.1. The van der Waals surface area contributed by atoms with Crippen molar-refractivity contribution in [2.45, 2.75) is 115 Å². The maximum atomic E-state index is 14.4. The zero-order valence-electron chi connectivity index (χ0n) is 31.3. The van der Waals surface area contributed by atoms with Crippen molar-refractivity contribution in [1.29, 1.82) is 0 Å². The van der Waals surface area contributed by atoms with Crippen LogP contribution in [0.3, 0.4) is 0 Å². The van der Waals surface area contributed by atoms with E-state index in [1.807, 2.05) is 0 Å². The van der Waals surface area contributed by atoms with Crippen LogP contribution in [0.25, 0.3) is 0 Å². The second-order valence-electron chi connectivity index (χ2n) is 13.3. The Hall–Kier alpha value is -2.13. The topological polar surface area (TPSA) is 81.7 Å². The van der Waals surface area contributed by atoms with Crippen LogP contribution in [-0.4, -0.2) is 142 Å². The molecule has 0 bridgehead atoms. The van der Waals surface area contributed by atoms with Crippen molar-refractivity contribution >= 4 is 64.6 Å². The van der Waals surface area contributed by atoms with Gasteiger partial charge in [0.05, 0.1) is 0 Å². The number of thioether (sulfide) groups is 2. The Morgan fingerprint density at radius 3 is 1.15 bits per heavy atom. The molecule has 0 saturated carbocycles. The van der Waals surface area contributed by atoms with E-state index >= 15 is 0 Å². The number of carbonyl (C=O) groups is 3. The minimum absolute atomic E-state index is 0.310. The Morgan fingerprint density at radius 1 is 0.508 bits per heavy atom. The van der Waals surface area contributed by atoms with Gasteiger partial charge in [-0.2, -0.15) is 138 Å². The zero-order valence-corrected chi connectivity index (χ0v) is 34.4. The summed E-state index contributed by atoms with van der Waals surface area (Å²) < 4.78 is 360. The molecule has 1 atom stereocenters. The molecule has 1 unspecified atom stereocenters. The molecule has 0 aromatic heterocycles. The van der Waals surface area contributed by atoms with Crippen LogP contribution in [0, 0.1) is 0 Å². The fourth-order valence-electron chi connectivity index (χ4n) is 4.26. The molecule has 0 aliphatic rings. The van der Waals surface area contributed by atoms with Gasteiger partial charge in [-0.3, -0.25) is 14.4 Å². The van der Waals surface area contributed by atoms with Gasteiger partial charge < -0.3 is 14.8 Å². The Balaban J connectivity index is 6.58. The summed E-state index contributed by atoms with van der Waals surface area (Å²) in [4.78, 5) is 35.8. The molecular weight excluding hydrogens is 1070 g/mol. The van der Waals surface area contributed by atoms with Gasteiger partial charge in [0, 0.05) is 30.3 Å². The average molecular weight is 1100 g/mol. The second-order valence-corrected chi connectivity index (χ2v) is 16.4. The number of carbonyl (C=O) groups excluding carboxylic acids is 3. The molecule has 6 nitrogen and oxygen atoms in total. The molecular formula is C29H27Cl2F26NO5S2. The van der Waals surface area contributed by atoms with Crippen molar-refractivity contribution in [2.24, 2.45) is 0 Å². The third kappa shape index (κ3) is 13.4. The number of ether oxygens (including phenoxy) is 2. The molecule has 0 heterocycles. The minimum Gasteiger partial charge on any atom is -0.462 e. The molecule has 1 N–H and O–H groups in total. The Kier molecular flexibility index (Phi) is 20.6. The molecule has 0 saturated heterocycles. The van der Waals surface area contributed by atoms with Gasteiger partial charge in [-0.25, -0.2) is 0 Å². The van der Waals surface area contributed by atoms with Crippen molar-refractivity contribution in [3.05, 3.63) is 0 Å². The van der Waals surface area contributed by atoms with E-state index in [1.165, 1.54) is 0 Å². The van der Waals surface area contributed by atoms with Crippen LogP contribution in [0.5, 0.6) is 0 Å². The van der Waals surface area contributed by atoms with Crippen LogP contribution in [0.2, 0.25) is 0 Å². The van der Waals surface area contributed by atoms with E-state index in [9.17, 15) is 129 Å². The number of hydrogen-bond acceptors (Lipinski definition) is 7. The number of alkyl halides is 28.